The Hall–Kier alpha value is -2.89. The van der Waals surface area contributed by atoms with Gasteiger partial charge in [-0.1, -0.05) is 11.1 Å². The number of allylic oxidation sites excluding steroid dienone is 1. The lowest BCUT2D eigenvalue weighted by atomic mass is 9.92. The lowest BCUT2D eigenvalue weighted by molar-refractivity contribution is -0.199. The van der Waals surface area contributed by atoms with Crippen LogP contribution in [0.15, 0.2) is 12.2 Å². The van der Waals surface area contributed by atoms with Gasteiger partial charge in [0.15, 0.2) is 0 Å². The first-order chi connectivity index (χ1) is 14.2. The van der Waals surface area contributed by atoms with E-state index in [1.807, 2.05) is 0 Å². The van der Waals surface area contributed by atoms with Crippen molar-refractivity contribution in [3.63, 3.8) is 0 Å². The quantitative estimate of drug-likeness (QED) is 0.293. The summed E-state index contributed by atoms with van der Waals surface area (Å²) in [5.41, 5.74) is 0. The summed E-state index contributed by atoms with van der Waals surface area (Å²) in [5, 5.41) is 0.837. The average Bonchev–Trinajstić information content (AvgIpc) is 3.17. The first-order valence-electron chi connectivity index (χ1n) is 9.41. The van der Waals surface area contributed by atoms with E-state index < -0.39 is 46.6 Å². The van der Waals surface area contributed by atoms with Crippen LogP contribution >= 0.6 is 12.6 Å². The number of imide groups is 2. The Bertz CT molecular complexity index is 794. The van der Waals surface area contributed by atoms with Gasteiger partial charge in [-0.05, 0) is 31.8 Å². The molecule has 30 heavy (non-hydrogen) atoms. The highest BCUT2D eigenvalue weighted by atomic mass is 32.1. The van der Waals surface area contributed by atoms with E-state index in [2.05, 4.69) is 17.5 Å². The molecular formula is C18H20N2O9S. The third-order valence-electron chi connectivity index (χ3n) is 4.90. The molecule has 2 atom stereocenters. The van der Waals surface area contributed by atoms with Crippen molar-refractivity contribution in [2.75, 3.05) is 0 Å². The van der Waals surface area contributed by atoms with E-state index in [4.69, 9.17) is 9.57 Å². The largest absolute Gasteiger partial charge is 0.534 e. The molecule has 2 unspecified atom stereocenters. The van der Waals surface area contributed by atoms with Gasteiger partial charge in [0.1, 0.15) is 10.9 Å². The lowest BCUT2D eigenvalue weighted by Gasteiger charge is -2.29. The molecule has 0 saturated carbocycles. The van der Waals surface area contributed by atoms with E-state index in [1.165, 1.54) is 0 Å². The smallest absolute Gasteiger partial charge is 0.425 e. The summed E-state index contributed by atoms with van der Waals surface area (Å²) in [7, 11) is 0. The van der Waals surface area contributed by atoms with Crippen molar-refractivity contribution in [3.8, 4) is 0 Å². The zero-order chi connectivity index (χ0) is 21.9. The highest BCUT2D eigenvalue weighted by Crippen LogP contribution is 2.33. The molecular weight excluding hydrogens is 420 g/mol. The second-order valence-corrected chi connectivity index (χ2v) is 7.93. The summed E-state index contributed by atoms with van der Waals surface area (Å²) in [6.45, 7) is 0. The van der Waals surface area contributed by atoms with Crippen LogP contribution in [0.2, 0.25) is 0 Å². The highest BCUT2D eigenvalue weighted by Gasteiger charge is 2.42. The zero-order valence-corrected chi connectivity index (χ0v) is 16.8. The Morgan fingerprint density at radius 1 is 0.900 bits per heavy atom. The van der Waals surface area contributed by atoms with Gasteiger partial charge in [-0.3, -0.25) is 24.0 Å². The Labute approximate surface area is 176 Å². The van der Waals surface area contributed by atoms with Crippen LogP contribution in [0, 0.1) is 0 Å². The number of hydrogen-bond acceptors (Lipinski definition) is 10. The maximum absolute atomic E-state index is 12.6. The normalized spacial score (nSPS) is 27.2. The van der Waals surface area contributed by atoms with Gasteiger partial charge in [0.05, 0.1) is 0 Å². The number of hydrogen-bond donors (Lipinski definition) is 1. The van der Waals surface area contributed by atoms with Gasteiger partial charge in [0, 0.05) is 25.7 Å². The Morgan fingerprint density at radius 2 is 1.43 bits per heavy atom. The number of nitrogens with zero attached hydrogens (tertiary/aromatic N) is 2. The maximum Gasteiger partial charge on any atom is 0.534 e. The molecule has 3 rings (SSSR count). The molecule has 12 heteroatoms. The maximum atomic E-state index is 12.6. The van der Waals surface area contributed by atoms with E-state index in [0.717, 1.165) is 0 Å². The van der Waals surface area contributed by atoms with Gasteiger partial charge in [-0.25, -0.2) is 9.59 Å². The Kier molecular flexibility index (Phi) is 6.44. The fraction of sp³-hybridized carbons (Fsp3) is 0.556. The summed E-state index contributed by atoms with van der Waals surface area (Å²) >= 11 is 4.42. The van der Waals surface area contributed by atoms with Crippen molar-refractivity contribution in [1.82, 2.24) is 10.1 Å². The standard InChI is InChI=1S/C18H20N2O9S/c21-12-4-5-13(22)19(12)28-16(25)18(30)9-2-1-3-11(8-10-18)27-17(26)29-20-14(23)6-7-15(20)24/h1,3,11,30H,2,4-10H2. The van der Waals surface area contributed by atoms with Crippen LogP contribution in [-0.2, 0) is 38.4 Å². The van der Waals surface area contributed by atoms with E-state index in [9.17, 15) is 28.8 Å². The van der Waals surface area contributed by atoms with Crippen LogP contribution in [0.1, 0.15) is 51.4 Å². The second-order valence-electron chi connectivity index (χ2n) is 7.08. The molecule has 2 fully saturated rings. The molecule has 2 heterocycles. The first kappa shape index (κ1) is 21.8. The molecule has 0 N–H and O–H groups in total. The van der Waals surface area contributed by atoms with Gasteiger partial charge in [-0.15, -0.1) is 5.06 Å². The van der Waals surface area contributed by atoms with Gasteiger partial charge >= 0.3 is 12.1 Å². The molecule has 162 valence electrons. The van der Waals surface area contributed by atoms with Crippen molar-refractivity contribution in [2.45, 2.75) is 62.2 Å². The molecule has 0 aromatic carbocycles. The van der Waals surface area contributed by atoms with Crippen LogP contribution in [0.25, 0.3) is 0 Å². The van der Waals surface area contributed by atoms with E-state index in [0.29, 0.717) is 16.5 Å². The molecule has 0 aromatic rings. The highest BCUT2D eigenvalue weighted by molar-refractivity contribution is 7.82. The molecule has 4 amide bonds. The zero-order valence-electron chi connectivity index (χ0n) is 15.9. The van der Waals surface area contributed by atoms with Crippen LogP contribution in [0.3, 0.4) is 0 Å². The van der Waals surface area contributed by atoms with Crippen molar-refractivity contribution >= 4 is 48.4 Å². The minimum atomic E-state index is -1.32. The van der Waals surface area contributed by atoms with Gasteiger partial charge < -0.3 is 9.57 Å². The number of ether oxygens (including phenoxy) is 1. The average molecular weight is 440 g/mol. The number of amides is 4. The minimum absolute atomic E-state index is 0.0194. The van der Waals surface area contributed by atoms with E-state index in [-0.39, 0.29) is 44.9 Å². The van der Waals surface area contributed by atoms with Gasteiger partial charge in [-0.2, -0.15) is 12.6 Å². The third kappa shape index (κ3) is 4.81. The molecule has 1 aliphatic carbocycles. The third-order valence-corrected chi connectivity index (χ3v) is 5.53. The number of hydroxylamine groups is 4. The van der Waals surface area contributed by atoms with Crippen LogP contribution in [0.4, 0.5) is 4.79 Å². The number of carbonyl (C=O) groups is 6. The van der Waals surface area contributed by atoms with Crippen LogP contribution in [-0.4, -0.2) is 56.7 Å². The van der Waals surface area contributed by atoms with Crippen LogP contribution < -0.4 is 0 Å². The second kappa shape index (κ2) is 8.86. The molecule has 0 bridgehead atoms. The van der Waals surface area contributed by atoms with Crippen molar-refractivity contribution in [2.24, 2.45) is 0 Å². The molecule has 0 radical (unpaired) electrons. The Morgan fingerprint density at radius 3 is 2.00 bits per heavy atom. The predicted octanol–water partition coefficient (Wildman–Crippen LogP) is 0.978. The summed E-state index contributed by atoms with van der Waals surface area (Å²) < 4.78 is 3.81. The monoisotopic (exact) mass is 440 g/mol. The van der Waals surface area contributed by atoms with E-state index >= 15 is 0 Å². The van der Waals surface area contributed by atoms with Gasteiger partial charge in [0.2, 0.25) is 0 Å². The number of rotatable bonds is 4. The summed E-state index contributed by atoms with van der Waals surface area (Å²) in [6.07, 6.45) is 2.03. The van der Waals surface area contributed by atoms with Crippen molar-refractivity contribution < 1.29 is 43.2 Å². The number of carbonyl (C=O) groups excluding carboxylic acids is 6. The van der Waals surface area contributed by atoms with E-state index in [1.54, 1.807) is 12.2 Å². The van der Waals surface area contributed by atoms with Gasteiger partial charge in [0.25, 0.3) is 23.6 Å². The topological polar surface area (TPSA) is 137 Å². The van der Waals surface area contributed by atoms with Crippen molar-refractivity contribution in [1.29, 1.82) is 0 Å². The number of thiol groups is 1. The molecule has 0 aromatic heterocycles. The summed E-state index contributed by atoms with van der Waals surface area (Å²) in [5.74, 6) is -3.29. The first-order valence-corrected chi connectivity index (χ1v) is 9.86. The molecule has 11 nitrogen and oxygen atoms in total. The summed E-state index contributed by atoms with van der Waals surface area (Å²) in [6, 6.07) is 0. The Balaban J connectivity index is 1.57. The minimum Gasteiger partial charge on any atom is -0.425 e. The molecule has 3 aliphatic rings. The molecule has 2 saturated heterocycles. The fourth-order valence-corrected chi connectivity index (χ4v) is 3.48. The SMILES string of the molecule is O=C(OC1C=CCCC(S)(C(=O)ON2C(=O)CCC2=O)CC1)ON1C(=O)CCC1=O. The van der Waals surface area contributed by atoms with Crippen molar-refractivity contribution in [3.05, 3.63) is 12.2 Å². The fourth-order valence-electron chi connectivity index (χ4n) is 3.18. The van der Waals surface area contributed by atoms with Crippen LogP contribution in [0.5, 0.6) is 0 Å². The lowest BCUT2D eigenvalue weighted by Crippen LogP contribution is -2.42. The molecule has 0 spiro atoms. The summed E-state index contributed by atoms with van der Waals surface area (Å²) in [4.78, 5) is 80.5. The predicted molar refractivity (Wildman–Crippen MR) is 98.9 cm³/mol. The molecule has 2 aliphatic heterocycles.